The molecule has 3 heteroatoms. The summed E-state index contributed by atoms with van der Waals surface area (Å²) in [4.78, 5) is 2.42. The summed E-state index contributed by atoms with van der Waals surface area (Å²) in [5, 5.41) is 7.29. The smallest absolute Gasteiger partial charge is 0.135 e. The molecule has 2 heterocycles. The molecule has 0 N–H and O–H groups in total. The SMILES string of the molecule is Cc1cc(-c2cccc(-n3c4ccccc4c4ccccc43)c2)cc(C)c1N(c1ccc(-c2ccc3ccccc3c2)cc1)c1ccc(-c2ccc3oc4ccccc4c3c2)cc1. The topological polar surface area (TPSA) is 21.3 Å². The van der Waals surface area contributed by atoms with E-state index < -0.39 is 0 Å². The van der Waals surface area contributed by atoms with Gasteiger partial charge in [0.2, 0.25) is 0 Å². The number of nitrogens with zero attached hydrogens (tertiary/aromatic N) is 2. The molecule has 12 aromatic rings. The lowest BCUT2D eigenvalue weighted by molar-refractivity contribution is 0.669. The van der Waals surface area contributed by atoms with E-state index in [9.17, 15) is 0 Å². The van der Waals surface area contributed by atoms with Crippen molar-refractivity contribution in [3.05, 3.63) is 230 Å². The van der Waals surface area contributed by atoms with E-state index in [4.69, 9.17) is 4.42 Å². The zero-order valence-corrected chi connectivity index (χ0v) is 35.1. The van der Waals surface area contributed by atoms with Crippen molar-refractivity contribution in [1.82, 2.24) is 4.57 Å². The third-order valence-electron chi connectivity index (χ3n) is 12.8. The van der Waals surface area contributed by atoms with Gasteiger partial charge in [0, 0.05) is 38.6 Å². The molecule has 0 bridgehead atoms. The van der Waals surface area contributed by atoms with Crippen molar-refractivity contribution in [2.75, 3.05) is 4.90 Å². The van der Waals surface area contributed by atoms with Gasteiger partial charge in [-0.25, -0.2) is 0 Å². The molecule has 0 spiro atoms. The summed E-state index contributed by atoms with van der Waals surface area (Å²) in [5.41, 5.74) is 18.3. The molecule has 0 fully saturated rings. The van der Waals surface area contributed by atoms with Crippen LogP contribution in [0.4, 0.5) is 17.1 Å². The highest BCUT2D eigenvalue weighted by molar-refractivity contribution is 6.09. The zero-order chi connectivity index (χ0) is 42.0. The highest BCUT2D eigenvalue weighted by atomic mass is 16.3. The van der Waals surface area contributed by atoms with Gasteiger partial charge in [0.05, 0.1) is 16.7 Å². The fraction of sp³-hybridized carbons (Fsp3) is 0.0333. The van der Waals surface area contributed by atoms with Crippen molar-refractivity contribution >= 4 is 71.6 Å². The summed E-state index contributed by atoms with van der Waals surface area (Å²) in [7, 11) is 0. The van der Waals surface area contributed by atoms with Gasteiger partial charge in [0.25, 0.3) is 0 Å². The molecule has 12 rings (SSSR count). The van der Waals surface area contributed by atoms with E-state index in [1.807, 2.05) is 12.1 Å². The molecule has 2 aromatic heterocycles. The second-order valence-electron chi connectivity index (χ2n) is 16.7. The molecule has 0 aliphatic rings. The zero-order valence-electron chi connectivity index (χ0n) is 35.1. The Morgan fingerprint density at radius 3 is 1.56 bits per heavy atom. The summed E-state index contributed by atoms with van der Waals surface area (Å²) < 4.78 is 8.55. The van der Waals surface area contributed by atoms with Gasteiger partial charge in [-0.1, -0.05) is 133 Å². The van der Waals surface area contributed by atoms with Crippen LogP contribution in [0, 0.1) is 13.8 Å². The Hall–Kier alpha value is -8.14. The average molecular weight is 807 g/mol. The number of furan rings is 1. The Morgan fingerprint density at radius 1 is 0.349 bits per heavy atom. The predicted molar refractivity (Wildman–Crippen MR) is 266 cm³/mol. The van der Waals surface area contributed by atoms with Crippen LogP contribution in [0.15, 0.2) is 223 Å². The Morgan fingerprint density at radius 2 is 0.873 bits per heavy atom. The lowest BCUT2D eigenvalue weighted by Crippen LogP contribution is -2.13. The number of rotatable bonds is 7. The Balaban J connectivity index is 0.949. The first-order valence-corrected chi connectivity index (χ1v) is 21.7. The number of benzene rings is 10. The molecule has 0 saturated carbocycles. The van der Waals surface area contributed by atoms with Gasteiger partial charge < -0.3 is 13.9 Å². The number of aromatic nitrogens is 1. The third kappa shape index (κ3) is 6.28. The Bertz CT molecular complexity index is 3630. The molecule has 10 aromatic carbocycles. The van der Waals surface area contributed by atoms with Crippen LogP contribution in [0.5, 0.6) is 0 Å². The van der Waals surface area contributed by atoms with Crippen LogP contribution in [0.25, 0.3) is 93.6 Å². The Labute approximate surface area is 366 Å². The van der Waals surface area contributed by atoms with E-state index in [-0.39, 0.29) is 0 Å². The van der Waals surface area contributed by atoms with E-state index in [1.165, 1.54) is 71.6 Å². The first-order valence-electron chi connectivity index (χ1n) is 21.7. The molecule has 63 heavy (non-hydrogen) atoms. The lowest BCUT2D eigenvalue weighted by Gasteiger charge is -2.29. The minimum absolute atomic E-state index is 0.905. The molecule has 0 radical (unpaired) electrons. The standard InChI is InChI=1S/C60H42N2O/c1-39-34-48(45-14-11-15-51(37-45)62-56-19-8-5-16-52(56)53-17-6-9-20-57(53)62)35-40(2)60(39)61(49-29-24-42(25-30-49)46-23-22-41-12-3-4-13-44(41)36-46)50-31-26-43(27-32-50)47-28-33-59-55(38-47)54-18-7-10-21-58(54)63-59/h3-38H,1-2H3. The number of fused-ring (bicyclic) bond motifs is 7. The minimum atomic E-state index is 0.905. The summed E-state index contributed by atoms with van der Waals surface area (Å²) in [6.45, 7) is 4.50. The molecule has 0 atom stereocenters. The minimum Gasteiger partial charge on any atom is -0.456 e. The molecule has 0 saturated heterocycles. The van der Waals surface area contributed by atoms with Gasteiger partial charge >= 0.3 is 0 Å². The third-order valence-corrected chi connectivity index (χ3v) is 12.8. The van der Waals surface area contributed by atoms with Crippen LogP contribution in [-0.2, 0) is 0 Å². The number of hydrogen-bond acceptors (Lipinski definition) is 2. The lowest BCUT2D eigenvalue weighted by atomic mass is 9.96. The quantitative estimate of drug-likeness (QED) is 0.160. The maximum absolute atomic E-state index is 6.15. The van der Waals surface area contributed by atoms with Crippen LogP contribution in [0.1, 0.15) is 11.1 Å². The summed E-state index contributed by atoms with van der Waals surface area (Å²) >= 11 is 0. The molecule has 298 valence electrons. The summed E-state index contributed by atoms with van der Waals surface area (Å²) in [6.07, 6.45) is 0. The van der Waals surface area contributed by atoms with Crippen molar-refractivity contribution in [3.63, 3.8) is 0 Å². The van der Waals surface area contributed by atoms with Gasteiger partial charge in [0.15, 0.2) is 0 Å². The van der Waals surface area contributed by atoms with E-state index in [0.717, 1.165) is 50.1 Å². The molecular formula is C60H42N2O. The van der Waals surface area contributed by atoms with Crippen LogP contribution >= 0.6 is 0 Å². The van der Waals surface area contributed by atoms with Crippen molar-refractivity contribution in [1.29, 1.82) is 0 Å². The maximum atomic E-state index is 6.15. The normalized spacial score (nSPS) is 11.7. The molecule has 0 amide bonds. The van der Waals surface area contributed by atoms with Crippen LogP contribution in [-0.4, -0.2) is 4.57 Å². The van der Waals surface area contributed by atoms with Crippen molar-refractivity contribution < 1.29 is 4.42 Å². The van der Waals surface area contributed by atoms with Crippen molar-refractivity contribution in [2.45, 2.75) is 13.8 Å². The van der Waals surface area contributed by atoms with Crippen molar-refractivity contribution in [2.24, 2.45) is 0 Å². The maximum Gasteiger partial charge on any atom is 0.135 e. The second-order valence-corrected chi connectivity index (χ2v) is 16.7. The van der Waals surface area contributed by atoms with Crippen LogP contribution < -0.4 is 4.90 Å². The molecule has 0 unspecified atom stereocenters. The van der Waals surface area contributed by atoms with Gasteiger partial charge in [0.1, 0.15) is 11.2 Å². The van der Waals surface area contributed by atoms with Gasteiger partial charge in [-0.2, -0.15) is 0 Å². The fourth-order valence-electron chi connectivity index (χ4n) is 9.79. The first kappa shape index (κ1) is 36.7. The van der Waals surface area contributed by atoms with Crippen LogP contribution in [0.2, 0.25) is 0 Å². The number of anilines is 3. The highest BCUT2D eigenvalue weighted by Crippen LogP contribution is 2.43. The highest BCUT2D eigenvalue weighted by Gasteiger charge is 2.20. The monoisotopic (exact) mass is 806 g/mol. The molecular weight excluding hydrogens is 765 g/mol. The average Bonchev–Trinajstić information content (AvgIpc) is 3.88. The fourth-order valence-corrected chi connectivity index (χ4v) is 9.79. The van der Waals surface area contributed by atoms with E-state index in [1.54, 1.807) is 0 Å². The van der Waals surface area contributed by atoms with E-state index in [2.05, 4.69) is 230 Å². The molecule has 3 nitrogen and oxygen atoms in total. The number of para-hydroxylation sites is 3. The molecule has 0 aliphatic heterocycles. The number of aryl methyl sites for hydroxylation is 2. The largest absolute Gasteiger partial charge is 0.456 e. The van der Waals surface area contributed by atoms with E-state index >= 15 is 0 Å². The van der Waals surface area contributed by atoms with E-state index in [0.29, 0.717) is 0 Å². The van der Waals surface area contributed by atoms with Gasteiger partial charge in [-0.3, -0.25) is 0 Å². The molecule has 0 aliphatic carbocycles. The second kappa shape index (κ2) is 14.8. The van der Waals surface area contributed by atoms with Crippen molar-refractivity contribution in [3.8, 4) is 39.1 Å². The van der Waals surface area contributed by atoms with Gasteiger partial charge in [-0.15, -0.1) is 0 Å². The van der Waals surface area contributed by atoms with Crippen LogP contribution in [0.3, 0.4) is 0 Å². The number of hydrogen-bond donors (Lipinski definition) is 0. The summed E-state index contributed by atoms with van der Waals surface area (Å²) in [6, 6.07) is 79.2. The summed E-state index contributed by atoms with van der Waals surface area (Å²) in [5.74, 6) is 0. The van der Waals surface area contributed by atoms with Gasteiger partial charge in [-0.05, 0) is 154 Å². The Kier molecular flexibility index (Phi) is 8.62. The predicted octanol–water partition coefficient (Wildman–Crippen LogP) is 16.9. The first-order chi connectivity index (χ1) is 31.0.